The van der Waals surface area contributed by atoms with E-state index in [1.165, 1.54) is 0 Å². The van der Waals surface area contributed by atoms with E-state index in [1.807, 2.05) is 19.1 Å². The summed E-state index contributed by atoms with van der Waals surface area (Å²) in [5.41, 5.74) is 7.76. The second kappa shape index (κ2) is 6.30. The molecule has 0 fully saturated rings. The van der Waals surface area contributed by atoms with Gasteiger partial charge in [0.25, 0.3) is 5.91 Å². The Labute approximate surface area is 122 Å². The standard InChI is InChI=1S/C15H15ClN2O2/c1-10-5-4-7-12(17)15(10)20-9-14(19)18-13-8-3-2-6-11(13)16/h2-8H,9,17H2,1H3,(H,18,19). The smallest absolute Gasteiger partial charge is 0.262 e. The zero-order valence-corrected chi connectivity index (χ0v) is 11.8. The first-order valence-corrected chi connectivity index (χ1v) is 6.48. The lowest BCUT2D eigenvalue weighted by atomic mass is 10.2. The molecule has 4 nitrogen and oxygen atoms in total. The monoisotopic (exact) mass is 290 g/mol. The number of hydrogen-bond acceptors (Lipinski definition) is 3. The van der Waals surface area contributed by atoms with Gasteiger partial charge in [0.05, 0.1) is 16.4 Å². The molecule has 2 aromatic carbocycles. The second-order valence-electron chi connectivity index (χ2n) is 4.31. The highest BCUT2D eigenvalue weighted by molar-refractivity contribution is 6.33. The van der Waals surface area contributed by atoms with Crippen molar-refractivity contribution >= 4 is 28.9 Å². The van der Waals surface area contributed by atoms with Gasteiger partial charge < -0.3 is 15.8 Å². The number of carbonyl (C=O) groups excluding carboxylic acids is 1. The van der Waals surface area contributed by atoms with Crippen molar-refractivity contribution < 1.29 is 9.53 Å². The van der Waals surface area contributed by atoms with Crippen molar-refractivity contribution in [2.75, 3.05) is 17.7 Å². The van der Waals surface area contributed by atoms with Crippen molar-refractivity contribution in [1.29, 1.82) is 0 Å². The van der Waals surface area contributed by atoms with Crippen LogP contribution in [0.5, 0.6) is 5.75 Å². The van der Waals surface area contributed by atoms with Gasteiger partial charge in [0.2, 0.25) is 0 Å². The summed E-state index contributed by atoms with van der Waals surface area (Å²) in [5.74, 6) is 0.238. The third kappa shape index (κ3) is 3.42. The minimum absolute atomic E-state index is 0.125. The molecule has 0 aliphatic heterocycles. The summed E-state index contributed by atoms with van der Waals surface area (Å²) in [6, 6.07) is 12.5. The maximum Gasteiger partial charge on any atom is 0.262 e. The molecule has 0 heterocycles. The molecule has 0 aromatic heterocycles. The number of nitrogen functional groups attached to an aromatic ring is 1. The van der Waals surface area contributed by atoms with Crippen molar-refractivity contribution in [3.8, 4) is 5.75 Å². The van der Waals surface area contributed by atoms with Crippen LogP contribution in [0.4, 0.5) is 11.4 Å². The quantitative estimate of drug-likeness (QED) is 0.850. The topological polar surface area (TPSA) is 64.3 Å². The molecule has 0 saturated heterocycles. The van der Waals surface area contributed by atoms with E-state index in [-0.39, 0.29) is 12.5 Å². The van der Waals surface area contributed by atoms with Crippen LogP contribution in [-0.4, -0.2) is 12.5 Å². The van der Waals surface area contributed by atoms with Gasteiger partial charge in [-0.25, -0.2) is 0 Å². The van der Waals surface area contributed by atoms with Gasteiger partial charge in [0.1, 0.15) is 5.75 Å². The molecular weight excluding hydrogens is 276 g/mol. The molecule has 0 spiro atoms. The average Bonchev–Trinajstić information content (AvgIpc) is 2.41. The van der Waals surface area contributed by atoms with Crippen LogP contribution in [0.3, 0.4) is 0 Å². The number of carbonyl (C=O) groups is 1. The van der Waals surface area contributed by atoms with Crippen LogP contribution in [0.15, 0.2) is 42.5 Å². The van der Waals surface area contributed by atoms with E-state index < -0.39 is 0 Å². The number of hydrogen-bond donors (Lipinski definition) is 2. The van der Waals surface area contributed by atoms with Crippen LogP contribution in [0.25, 0.3) is 0 Å². The highest BCUT2D eigenvalue weighted by Gasteiger charge is 2.09. The fraction of sp³-hybridized carbons (Fsp3) is 0.133. The lowest BCUT2D eigenvalue weighted by Crippen LogP contribution is -2.20. The minimum atomic E-state index is -0.291. The number of halogens is 1. The van der Waals surface area contributed by atoms with Gasteiger partial charge in [-0.1, -0.05) is 35.9 Å². The molecule has 3 N–H and O–H groups in total. The molecule has 2 rings (SSSR count). The van der Waals surface area contributed by atoms with Crippen LogP contribution in [0, 0.1) is 6.92 Å². The molecule has 0 saturated carbocycles. The summed E-state index contributed by atoms with van der Waals surface area (Å²) in [7, 11) is 0. The van der Waals surface area contributed by atoms with Crippen molar-refractivity contribution in [2.45, 2.75) is 6.92 Å². The van der Waals surface area contributed by atoms with Gasteiger partial charge in [-0.05, 0) is 30.7 Å². The third-order valence-corrected chi connectivity index (χ3v) is 3.07. The van der Waals surface area contributed by atoms with Gasteiger partial charge in [-0.3, -0.25) is 4.79 Å². The summed E-state index contributed by atoms with van der Waals surface area (Å²) in [6.07, 6.45) is 0. The number of ether oxygens (including phenoxy) is 1. The number of para-hydroxylation sites is 2. The first-order chi connectivity index (χ1) is 9.58. The third-order valence-electron chi connectivity index (χ3n) is 2.74. The van der Waals surface area contributed by atoms with Crippen LogP contribution in [-0.2, 0) is 4.79 Å². The molecular formula is C15H15ClN2O2. The fourth-order valence-electron chi connectivity index (χ4n) is 1.76. The Kier molecular flexibility index (Phi) is 4.48. The van der Waals surface area contributed by atoms with E-state index in [0.29, 0.717) is 22.1 Å². The Morgan fingerprint density at radius 1 is 1.25 bits per heavy atom. The second-order valence-corrected chi connectivity index (χ2v) is 4.72. The molecule has 0 bridgehead atoms. The van der Waals surface area contributed by atoms with E-state index in [9.17, 15) is 4.79 Å². The summed E-state index contributed by atoms with van der Waals surface area (Å²) in [4.78, 5) is 11.8. The molecule has 1 amide bonds. The summed E-state index contributed by atoms with van der Waals surface area (Å²) < 4.78 is 5.46. The maximum absolute atomic E-state index is 11.8. The maximum atomic E-state index is 11.8. The molecule has 2 aromatic rings. The molecule has 104 valence electrons. The average molecular weight is 291 g/mol. The number of benzene rings is 2. The normalized spacial score (nSPS) is 10.1. The van der Waals surface area contributed by atoms with Crippen LogP contribution >= 0.6 is 11.6 Å². The largest absolute Gasteiger partial charge is 0.481 e. The van der Waals surface area contributed by atoms with Crippen molar-refractivity contribution in [3.63, 3.8) is 0 Å². The van der Waals surface area contributed by atoms with Crippen molar-refractivity contribution in [2.24, 2.45) is 0 Å². The number of aryl methyl sites for hydroxylation is 1. The molecule has 0 unspecified atom stereocenters. The zero-order chi connectivity index (χ0) is 14.5. The van der Waals surface area contributed by atoms with E-state index in [1.54, 1.807) is 30.3 Å². The van der Waals surface area contributed by atoms with Gasteiger partial charge in [-0.2, -0.15) is 0 Å². The Morgan fingerprint density at radius 2 is 2.00 bits per heavy atom. The number of rotatable bonds is 4. The van der Waals surface area contributed by atoms with Crippen LogP contribution in [0.1, 0.15) is 5.56 Å². The molecule has 20 heavy (non-hydrogen) atoms. The van der Waals surface area contributed by atoms with Crippen molar-refractivity contribution in [3.05, 3.63) is 53.1 Å². The number of amides is 1. The van der Waals surface area contributed by atoms with Gasteiger partial charge in [-0.15, -0.1) is 0 Å². The van der Waals surface area contributed by atoms with Crippen LogP contribution in [0.2, 0.25) is 5.02 Å². The predicted molar refractivity (Wildman–Crippen MR) is 81.2 cm³/mol. The number of nitrogens with two attached hydrogens (primary N) is 1. The lowest BCUT2D eigenvalue weighted by Gasteiger charge is -2.12. The molecule has 0 radical (unpaired) electrons. The molecule has 0 aliphatic carbocycles. The highest BCUT2D eigenvalue weighted by atomic mass is 35.5. The Balaban J connectivity index is 1.98. The van der Waals surface area contributed by atoms with Crippen LogP contribution < -0.4 is 15.8 Å². The predicted octanol–water partition coefficient (Wildman–Crippen LogP) is 3.25. The summed E-state index contributed by atoms with van der Waals surface area (Å²) >= 11 is 5.96. The first-order valence-electron chi connectivity index (χ1n) is 6.10. The van der Waals surface area contributed by atoms with E-state index in [2.05, 4.69) is 5.32 Å². The van der Waals surface area contributed by atoms with E-state index in [0.717, 1.165) is 5.56 Å². The Morgan fingerprint density at radius 3 is 2.70 bits per heavy atom. The van der Waals surface area contributed by atoms with Crippen molar-refractivity contribution in [1.82, 2.24) is 0 Å². The Hall–Kier alpha value is -2.20. The van der Waals surface area contributed by atoms with Gasteiger partial charge in [0, 0.05) is 0 Å². The van der Waals surface area contributed by atoms with E-state index >= 15 is 0 Å². The SMILES string of the molecule is Cc1cccc(N)c1OCC(=O)Nc1ccccc1Cl. The van der Waals surface area contributed by atoms with Gasteiger partial charge >= 0.3 is 0 Å². The highest BCUT2D eigenvalue weighted by Crippen LogP contribution is 2.25. The summed E-state index contributed by atoms with van der Waals surface area (Å²) in [5, 5.41) is 3.17. The fourth-order valence-corrected chi connectivity index (χ4v) is 1.94. The van der Waals surface area contributed by atoms with Gasteiger partial charge in [0.15, 0.2) is 6.61 Å². The number of nitrogens with one attached hydrogen (secondary N) is 1. The number of anilines is 2. The molecule has 0 atom stereocenters. The molecule has 5 heteroatoms. The lowest BCUT2D eigenvalue weighted by molar-refractivity contribution is -0.118. The zero-order valence-electron chi connectivity index (χ0n) is 11.0. The molecule has 0 aliphatic rings. The Bertz CT molecular complexity index is 609. The first kappa shape index (κ1) is 14.2. The summed E-state index contributed by atoms with van der Waals surface area (Å²) in [6.45, 7) is 1.75. The van der Waals surface area contributed by atoms with E-state index in [4.69, 9.17) is 22.1 Å². The minimum Gasteiger partial charge on any atom is -0.481 e.